The highest BCUT2D eigenvalue weighted by atomic mass is 16.5. The molecule has 1 aliphatic carbocycles. The smallest absolute Gasteiger partial charge is 0.223 e. The first-order chi connectivity index (χ1) is 9.65. The average Bonchev–Trinajstić information content (AvgIpc) is 2.45. The molecule has 0 aromatic heterocycles. The second-order valence-electron chi connectivity index (χ2n) is 6.37. The molecule has 4 nitrogen and oxygen atoms in total. The van der Waals surface area contributed by atoms with Crippen LogP contribution in [-0.2, 0) is 9.53 Å². The van der Waals surface area contributed by atoms with Gasteiger partial charge in [0.2, 0.25) is 5.91 Å². The highest BCUT2D eigenvalue weighted by Gasteiger charge is 2.23. The van der Waals surface area contributed by atoms with Crippen LogP contribution in [0.25, 0.3) is 0 Å². The molecular weight excluding hydrogens is 252 g/mol. The van der Waals surface area contributed by atoms with Crippen molar-refractivity contribution < 1.29 is 9.53 Å². The van der Waals surface area contributed by atoms with Crippen LogP contribution in [0.15, 0.2) is 12.2 Å². The molecule has 114 valence electrons. The van der Waals surface area contributed by atoms with Crippen molar-refractivity contribution in [2.24, 2.45) is 11.8 Å². The van der Waals surface area contributed by atoms with E-state index >= 15 is 0 Å². The largest absolute Gasteiger partial charge is 0.374 e. The van der Waals surface area contributed by atoms with Crippen LogP contribution in [0.5, 0.6) is 0 Å². The van der Waals surface area contributed by atoms with Crippen LogP contribution >= 0.6 is 0 Å². The Morgan fingerprint density at radius 3 is 3.00 bits per heavy atom. The molecule has 1 N–H and O–H groups in total. The van der Waals surface area contributed by atoms with Crippen LogP contribution in [0, 0.1) is 11.8 Å². The third kappa shape index (κ3) is 4.91. The summed E-state index contributed by atoms with van der Waals surface area (Å²) in [6.07, 6.45) is 7.32. The Balaban J connectivity index is 1.70. The molecule has 1 aliphatic heterocycles. The summed E-state index contributed by atoms with van der Waals surface area (Å²) in [6.45, 7) is 8.96. The lowest BCUT2D eigenvalue weighted by Gasteiger charge is -2.34. The van der Waals surface area contributed by atoms with Crippen LogP contribution in [0.4, 0.5) is 0 Å². The third-order valence-electron chi connectivity index (χ3n) is 3.99. The van der Waals surface area contributed by atoms with Crippen LogP contribution in [0.2, 0.25) is 0 Å². The van der Waals surface area contributed by atoms with E-state index in [1.807, 2.05) is 0 Å². The van der Waals surface area contributed by atoms with Gasteiger partial charge in [-0.05, 0) is 25.2 Å². The van der Waals surface area contributed by atoms with Crippen molar-refractivity contribution in [1.29, 1.82) is 0 Å². The van der Waals surface area contributed by atoms with Crippen molar-refractivity contribution in [3.63, 3.8) is 0 Å². The van der Waals surface area contributed by atoms with Crippen molar-refractivity contribution in [3.05, 3.63) is 12.2 Å². The molecule has 20 heavy (non-hydrogen) atoms. The van der Waals surface area contributed by atoms with Gasteiger partial charge in [0.15, 0.2) is 0 Å². The zero-order valence-electron chi connectivity index (χ0n) is 12.8. The fourth-order valence-corrected chi connectivity index (χ4v) is 2.98. The predicted octanol–water partition coefficient (Wildman–Crippen LogP) is 1.82. The fourth-order valence-electron chi connectivity index (χ4n) is 2.98. The molecule has 2 rings (SSSR count). The van der Waals surface area contributed by atoms with Gasteiger partial charge < -0.3 is 10.1 Å². The van der Waals surface area contributed by atoms with E-state index in [4.69, 9.17) is 4.74 Å². The minimum absolute atomic E-state index is 0.144. The summed E-state index contributed by atoms with van der Waals surface area (Å²) in [4.78, 5) is 14.5. The van der Waals surface area contributed by atoms with E-state index in [-0.39, 0.29) is 17.9 Å². The molecule has 0 unspecified atom stereocenters. The van der Waals surface area contributed by atoms with E-state index in [1.54, 1.807) is 0 Å². The van der Waals surface area contributed by atoms with E-state index in [1.165, 1.54) is 0 Å². The van der Waals surface area contributed by atoms with E-state index in [2.05, 4.69) is 36.2 Å². The normalized spacial score (nSPS) is 27.8. The lowest BCUT2D eigenvalue weighted by atomic mass is 9.93. The number of morpholine rings is 1. The summed E-state index contributed by atoms with van der Waals surface area (Å²) in [5.74, 6) is 1.03. The summed E-state index contributed by atoms with van der Waals surface area (Å²) in [7, 11) is 0. The van der Waals surface area contributed by atoms with Crippen LogP contribution in [0.3, 0.4) is 0 Å². The van der Waals surface area contributed by atoms with Crippen LogP contribution < -0.4 is 5.32 Å². The predicted molar refractivity (Wildman–Crippen MR) is 80.5 cm³/mol. The third-order valence-corrected chi connectivity index (χ3v) is 3.99. The number of carbonyl (C=O) groups excluding carboxylic acids is 1. The molecule has 1 saturated heterocycles. The van der Waals surface area contributed by atoms with Gasteiger partial charge in [-0.3, -0.25) is 9.69 Å². The molecule has 0 radical (unpaired) electrons. The second-order valence-corrected chi connectivity index (χ2v) is 6.37. The van der Waals surface area contributed by atoms with Crippen molar-refractivity contribution in [1.82, 2.24) is 10.2 Å². The fraction of sp³-hybridized carbons (Fsp3) is 0.812. The zero-order valence-corrected chi connectivity index (χ0v) is 12.8. The molecule has 0 bridgehead atoms. The van der Waals surface area contributed by atoms with Gasteiger partial charge in [0.05, 0.1) is 12.7 Å². The standard InChI is InChI=1S/C16H28N2O2/c1-13(2)11-18-8-9-20-15(12-18)10-17-16(19)14-6-4-3-5-7-14/h3-4,13-15H,5-12H2,1-2H3,(H,17,19)/t14-,15-/m0/s1. The first kappa shape index (κ1) is 15.5. The zero-order chi connectivity index (χ0) is 14.4. The highest BCUT2D eigenvalue weighted by molar-refractivity contribution is 5.79. The SMILES string of the molecule is CC(C)CN1CCO[C@@H](CNC(=O)[C@H]2CC=CCC2)C1. The molecule has 4 heteroatoms. The lowest BCUT2D eigenvalue weighted by molar-refractivity contribution is -0.126. The molecular formula is C16H28N2O2. The molecule has 0 spiro atoms. The van der Waals surface area contributed by atoms with Crippen molar-refractivity contribution in [2.45, 2.75) is 39.2 Å². The number of allylic oxidation sites excluding steroid dienone is 2. The highest BCUT2D eigenvalue weighted by Crippen LogP contribution is 2.18. The summed E-state index contributed by atoms with van der Waals surface area (Å²) >= 11 is 0. The summed E-state index contributed by atoms with van der Waals surface area (Å²) in [6, 6.07) is 0. The molecule has 0 saturated carbocycles. The van der Waals surface area contributed by atoms with Gasteiger partial charge in [0.25, 0.3) is 0 Å². The topological polar surface area (TPSA) is 41.6 Å². The number of nitrogens with zero attached hydrogens (tertiary/aromatic N) is 1. The molecule has 2 aliphatic rings. The number of rotatable bonds is 5. The Bertz CT molecular complexity index is 341. The maximum Gasteiger partial charge on any atom is 0.223 e. The Labute approximate surface area is 122 Å². The van der Waals surface area contributed by atoms with Gasteiger partial charge in [-0.1, -0.05) is 26.0 Å². The molecule has 0 aromatic rings. The molecule has 1 amide bonds. The van der Waals surface area contributed by atoms with Gasteiger partial charge in [-0.25, -0.2) is 0 Å². The first-order valence-electron chi connectivity index (χ1n) is 7.92. The van der Waals surface area contributed by atoms with Gasteiger partial charge in [0.1, 0.15) is 0 Å². The number of ether oxygens (including phenoxy) is 1. The quantitative estimate of drug-likeness (QED) is 0.781. The molecule has 2 atom stereocenters. The minimum atomic E-state index is 0.144. The van der Waals surface area contributed by atoms with Crippen LogP contribution in [-0.4, -0.2) is 49.7 Å². The number of hydrogen-bond donors (Lipinski definition) is 1. The van der Waals surface area contributed by atoms with Crippen molar-refractivity contribution in [2.75, 3.05) is 32.8 Å². The Morgan fingerprint density at radius 2 is 2.30 bits per heavy atom. The molecule has 1 fully saturated rings. The summed E-state index contributed by atoms with van der Waals surface area (Å²) < 4.78 is 5.76. The average molecular weight is 280 g/mol. The molecule has 1 heterocycles. The number of hydrogen-bond acceptors (Lipinski definition) is 3. The van der Waals surface area contributed by atoms with Crippen molar-refractivity contribution in [3.8, 4) is 0 Å². The van der Waals surface area contributed by atoms with Crippen molar-refractivity contribution >= 4 is 5.91 Å². The second kappa shape index (κ2) is 7.79. The van der Waals surface area contributed by atoms with Gasteiger partial charge >= 0.3 is 0 Å². The summed E-state index contributed by atoms with van der Waals surface area (Å²) in [5, 5.41) is 3.07. The van der Waals surface area contributed by atoms with E-state index < -0.39 is 0 Å². The maximum atomic E-state index is 12.1. The number of nitrogens with one attached hydrogen (secondary N) is 1. The van der Waals surface area contributed by atoms with E-state index in [0.29, 0.717) is 12.5 Å². The van der Waals surface area contributed by atoms with Gasteiger partial charge in [-0.15, -0.1) is 0 Å². The Hall–Kier alpha value is -0.870. The van der Waals surface area contributed by atoms with Gasteiger partial charge in [-0.2, -0.15) is 0 Å². The van der Waals surface area contributed by atoms with Gasteiger partial charge in [0, 0.05) is 32.1 Å². The first-order valence-corrected chi connectivity index (χ1v) is 7.92. The molecule has 0 aromatic carbocycles. The lowest BCUT2D eigenvalue weighted by Crippen LogP contribution is -2.49. The minimum Gasteiger partial charge on any atom is -0.374 e. The number of amides is 1. The van der Waals surface area contributed by atoms with E-state index in [9.17, 15) is 4.79 Å². The Kier molecular flexibility index (Phi) is 6.05. The maximum absolute atomic E-state index is 12.1. The van der Waals surface area contributed by atoms with Crippen LogP contribution in [0.1, 0.15) is 33.1 Å². The summed E-state index contributed by atoms with van der Waals surface area (Å²) in [5.41, 5.74) is 0. The monoisotopic (exact) mass is 280 g/mol. The number of carbonyl (C=O) groups is 1. The van der Waals surface area contributed by atoms with E-state index in [0.717, 1.165) is 45.5 Å². The Morgan fingerprint density at radius 1 is 1.45 bits per heavy atom.